The number of methoxy groups -OCH3 is 1. The average Bonchev–Trinajstić information content (AvgIpc) is 3.13. The number of epoxide rings is 1. The number of cyclic esters (lactones) is 1. The van der Waals surface area contributed by atoms with E-state index in [1.165, 1.54) is 26.6 Å². The molecule has 10 atom stereocenters. The van der Waals surface area contributed by atoms with E-state index in [1.807, 2.05) is 13.8 Å². The van der Waals surface area contributed by atoms with E-state index in [-0.39, 0.29) is 18.1 Å². The highest BCUT2D eigenvalue weighted by Gasteiger charge is 2.92. The lowest BCUT2D eigenvalue weighted by molar-refractivity contribution is -0.307. The van der Waals surface area contributed by atoms with Gasteiger partial charge in [-0.05, 0) is 52.5 Å². The molecule has 0 amide bonds. The standard InChI is InChI=1S/C29H36O11/c1-14-17-8-10-26(5,21(32)16-9-11-35-13-16)28(23(40-28)24(33)34-7)27(17,6)29(37-14)22(36-15(2)30)20-18(38-29)12-19(31)39-25(20,3)4/h9,11,13-14,17-18,20,22-23H,8,10,12H2,1-7H3/t14-,17?,18?,20?,22?,23+,26+,27-,28-,29?/m1/s1. The van der Waals surface area contributed by atoms with Crippen molar-refractivity contribution >= 4 is 23.7 Å². The molecular weight excluding hydrogens is 524 g/mol. The van der Waals surface area contributed by atoms with Gasteiger partial charge in [0.05, 0.1) is 54.3 Å². The second kappa shape index (κ2) is 8.39. The van der Waals surface area contributed by atoms with Crippen molar-refractivity contribution in [3.05, 3.63) is 24.2 Å². The maximum absolute atomic E-state index is 14.2. The fraction of sp³-hybridized carbons (Fsp3) is 0.724. The van der Waals surface area contributed by atoms with Gasteiger partial charge in [0.25, 0.3) is 0 Å². The van der Waals surface area contributed by atoms with Crippen molar-refractivity contribution in [2.45, 2.75) is 102 Å². The zero-order valence-electron chi connectivity index (χ0n) is 23.8. The summed E-state index contributed by atoms with van der Waals surface area (Å²) in [5.74, 6) is -4.38. The van der Waals surface area contributed by atoms with Crippen molar-refractivity contribution in [1.29, 1.82) is 0 Å². The Kier molecular flexibility index (Phi) is 5.75. The number of hydrogen-bond donors (Lipinski definition) is 0. The Balaban J connectivity index is 1.58. The van der Waals surface area contributed by atoms with Crippen LogP contribution in [0.2, 0.25) is 0 Å². The first-order chi connectivity index (χ1) is 18.7. The molecule has 0 radical (unpaired) electrons. The summed E-state index contributed by atoms with van der Waals surface area (Å²) in [6.07, 6.45) is 0.423. The Hall–Kier alpha value is -2.76. The molecule has 0 N–H and O–H groups in total. The summed E-state index contributed by atoms with van der Waals surface area (Å²) < 4.78 is 42.2. The number of carbonyl (C=O) groups excluding carboxylic acids is 4. The van der Waals surface area contributed by atoms with Crippen LogP contribution in [-0.4, -0.2) is 72.2 Å². The van der Waals surface area contributed by atoms with E-state index < -0.39 is 76.1 Å². The third-order valence-electron chi connectivity index (χ3n) is 10.5. The summed E-state index contributed by atoms with van der Waals surface area (Å²) >= 11 is 0. The van der Waals surface area contributed by atoms with E-state index in [4.69, 9.17) is 32.8 Å². The van der Waals surface area contributed by atoms with E-state index in [9.17, 15) is 19.2 Å². The molecule has 0 bridgehead atoms. The highest BCUT2D eigenvalue weighted by molar-refractivity contribution is 6.02. The number of hydrogen-bond acceptors (Lipinski definition) is 11. The van der Waals surface area contributed by atoms with Crippen LogP contribution in [0.15, 0.2) is 23.0 Å². The van der Waals surface area contributed by atoms with Gasteiger partial charge in [0.2, 0.25) is 5.79 Å². The van der Waals surface area contributed by atoms with Crippen molar-refractivity contribution in [2.75, 3.05) is 7.11 Å². The zero-order valence-corrected chi connectivity index (χ0v) is 23.8. The first kappa shape index (κ1) is 27.4. The molecule has 5 fully saturated rings. The lowest BCUT2D eigenvalue weighted by atomic mass is 9.45. The molecular formula is C29H36O11. The van der Waals surface area contributed by atoms with Gasteiger partial charge in [-0.15, -0.1) is 0 Å². The van der Waals surface area contributed by atoms with Gasteiger partial charge in [-0.3, -0.25) is 14.4 Å². The van der Waals surface area contributed by atoms with Crippen molar-refractivity contribution in [2.24, 2.45) is 22.7 Å². The highest BCUT2D eigenvalue weighted by Crippen LogP contribution is 2.77. The fourth-order valence-corrected chi connectivity index (χ4v) is 8.94. The Bertz CT molecular complexity index is 1270. The van der Waals surface area contributed by atoms with E-state index >= 15 is 0 Å². The Morgan fingerprint density at radius 1 is 1.07 bits per heavy atom. The van der Waals surface area contributed by atoms with Gasteiger partial charge in [0.15, 0.2) is 18.0 Å². The molecule has 1 aliphatic carbocycles. The lowest BCUT2D eigenvalue weighted by Gasteiger charge is -2.56. The van der Waals surface area contributed by atoms with Crippen molar-refractivity contribution < 1.29 is 52.0 Å². The molecule has 1 aromatic rings. The van der Waals surface area contributed by atoms with E-state index in [0.29, 0.717) is 18.4 Å². The van der Waals surface area contributed by atoms with Crippen LogP contribution in [0.5, 0.6) is 0 Å². The fourth-order valence-electron chi connectivity index (χ4n) is 8.94. The summed E-state index contributed by atoms with van der Waals surface area (Å²) in [6.45, 7) is 10.4. The van der Waals surface area contributed by atoms with Crippen molar-refractivity contribution in [1.82, 2.24) is 0 Å². The first-order valence-electron chi connectivity index (χ1n) is 13.8. The largest absolute Gasteiger partial charge is 0.472 e. The van der Waals surface area contributed by atoms with E-state index in [1.54, 1.807) is 26.8 Å². The number of fused-ring (bicyclic) bond motifs is 4. The molecule has 0 aromatic carbocycles. The summed E-state index contributed by atoms with van der Waals surface area (Å²) in [7, 11) is 1.27. The molecule has 4 saturated heterocycles. The minimum atomic E-state index is -1.66. The van der Waals surface area contributed by atoms with Crippen LogP contribution in [0.25, 0.3) is 0 Å². The molecule has 5 aliphatic rings. The summed E-state index contributed by atoms with van der Waals surface area (Å²) in [5, 5.41) is 0. The maximum atomic E-state index is 14.2. The van der Waals surface area contributed by atoms with Gasteiger partial charge in [-0.1, -0.05) is 6.92 Å². The zero-order chi connectivity index (χ0) is 29.0. The van der Waals surface area contributed by atoms with Gasteiger partial charge < -0.3 is 32.8 Å². The monoisotopic (exact) mass is 560 g/mol. The molecule has 40 heavy (non-hydrogen) atoms. The number of ether oxygens (including phenoxy) is 6. The van der Waals surface area contributed by atoms with Crippen LogP contribution in [0.4, 0.5) is 0 Å². The Morgan fingerprint density at radius 2 is 1.80 bits per heavy atom. The third-order valence-corrected chi connectivity index (χ3v) is 10.5. The van der Waals surface area contributed by atoms with Crippen molar-refractivity contribution in [3.63, 3.8) is 0 Å². The summed E-state index contributed by atoms with van der Waals surface area (Å²) in [6, 6.07) is 1.59. The van der Waals surface area contributed by atoms with Crippen LogP contribution in [0, 0.1) is 22.7 Å². The molecule has 2 spiro atoms. The van der Waals surface area contributed by atoms with Gasteiger partial charge in [0, 0.05) is 6.92 Å². The molecule has 4 aliphatic heterocycles. The number of Topliss-reactive ketones (excluding diaryl/α,β-unsaturated/α-hetero) is 1. The number of rotatable bonds is 4. The summed E-state index contributed by atoms with van der Waals surface area (Å²) in [4.78, 5) is 52.7. The SMILES string of the molecule is COC(=O)[C@@H]1O[C@@]12[C@](C)(C(=O)c1ccoc1)CCC1[C@@H](C)OC3(OC4CC(=O)OC(C)(C)C4C3OC(C)=O)[C@]12C. The molecule has 1 aromatic heterocycles. The first-order valence-corrected chi connectivity index (χ1v) is 13.8. The predicted octanol–water partition coefficient (Wildman–Crippen LogP) is 2.98. The minimum Gasteiger partial charge on any atom is -0.472 e. The molecule has 6 rings (SSSR count). The second-order valence-electron chi connectivity index (χ2n) is 12.8. The predicted molar refractivity (Wildman–Crippen MR) is 134 cm³/mol. The topological polar surface area (TPSA) is 140 Å². The Labute approximate surface area is 232 Å². The molecule has 11 nitrogen and oxygen atoms in total. The van der Waals surface area contributed by atoms with Crippen LogP contribution in [0.3, 0.4) is 0 Å². The highest BCUT2D eigenvalue weighted by atomic mass is 16.8. The molecule has 5 heterocycles. The Morgan fingerprint density at radius 3 is 2.42 bits per heavy atom. The number of carbonyl (C=O) groups is 4. The normalized spacial score (nSPS) is 46.4. The maximum Gasteiger partial charge on any atom is 0.338 e. The molecule has 11 heteroatoms. The van der Waals surface area contributed by atoms with Crippen LogP contribution in [-0.2, 0) is 42.8 Å². The summed E-state index contributed by atoms with van der Waals surface area (Å²) in [5.41, 5.74) is -4.60. The third kappa shape index (κ3) is 3.11. The van der Waals surface area contributed by atoms with Gasteiger partial charge in [-0.2, -0.15) is 0 Å². The van der Waals surface area contributed by atoms with E-state index in [0.717, 1.165) is 0 Å². The van der Waals surface area contributed by atoms with Gasteiger partial charge >= 0.3 is 17.9 Å². The van der Waals surface area contributed by atoms with Crippen LogP contribution >= 0.6 is 0 Å². The van der Waals surface area contributed by atoms with E-state index in [2.05, 4.69) is 0 Å². The lowest BCUT2D eigenvalue weighted by Crippen LogP contribution is -2.70. The van der Waals surface area contributed by atoms with Gasteiger partial charge in [0.1, 0.15) is 17.5 Å². The molecule has 1 saturated carbocycles. The quantitative estimate of drug-likeness (QED) is 0.232. The van der Waals surface area contributed by atoms with Crippen molar-refractivity contribution in [3.8, 4) is 0 Å². The minimum absolute atomic E-state index is 0.0639. The van der Waals surface area contributed by atoms with Crippen LogP contribution < -0.4 is 0 Å². The molecule has 5 unspecified atom stereocenters. The van der Waals surface area contributed by atoms with Gasteiger partial charge in [-0.25, -0.2) is 4.79 Å². The molecule has 218 valence electrons. The average molecular weight is 561 g/mol. The number of ketones is 1. The smallest absolute Gasteiger partial charge is 0.338 e. The second-order valence-corrected chi connectivity index (χ2v) is 12.8. The number of esters is 3. The number of furan rings is 1. The van der Waals surface area contributed by atoms with Crippen LogP contribution in [0.1, 0.15) is 71.2 Å².